The van der Waals surface area contributed by atoms with Gasteiger partial charge in [-0.3, -0.25) is 4.79 Å². The summed E-state index contributed by atoms with van der Waals surface area (Å²) in [7, 11) is 0. The molecule has 0 saturated carbocycles. The summed E-state index contributed by atoms with van der Waals surface area (Å²) in [4.78, 5) is 22.2. The number of rotatable bonds is 6. The molecule has 1 aromatic heterocycles. The molecule has 0 atom stereocenters. The number of carbonyl (C=O) groups is 1. The first-order valence-corrected chi connectivity index (χ1v) is 7.23. The molecule has 1 heterocycles. The van der Waals surface area contributed by atoms with Crippen LogP contribution in [0.1, 0.15) is 29.9 Å². The fourth-order valence-corrected chi connectivity index (χ4v) is 2.19. The smallest absolute Gasteiger partial charge is 0.267 e. The number of hydrogen-bond acceptors (Lipinski definition) is 5. The molecule has 0 unspecified atom stereocenters. The van der Waals surface area contributed by atoms with Gasteiger partial charge in [-0.25, -0.2) is 9.97 Å². The Balaban J connectivity index is 2.56. The third kappa shape index (κ3) is 3.40. The summed E-state index contributed by atoms with van der Waals surface area (Å²) in [5.41, 5.74) is 7.76. The second-order valence-corrected chi connectivity index (χ2v) is 4.83. The average Bonchev–Trinajstić information content (AvgIpc) is 2.55. The molecule has 2 rings (SSSR count). The summed E-state index contributed by atoms with van der Waals surface area (Å²) in [5.74, 6) is -0.110. The van der Waals surface area contributed by atoms with Gasteiger partial charge in [0.2, 0.25) is 5.95 Å². The van der Waals surface area contributed by atoms with Gasteiger partial charge in [0.05, 0.1) is 12.3 Å². The van der Waals surface area contributed by atoms with E-state index in [9.17, 15) is 9.90 Å². The summed E-state index contributed by atoms with van der Waals surface area (Å²) < 4.78 is 0. The minimum atomic E-state index is -0.588. The van der Waals surface area contributed by atoms with Gasteiger partial charge in [-0.15, -0.1) is 0 Å². The van der Waals surface area contributed by atoms with Gasteiger partial charge in [0, 0.05) is 18.7 Å². The van der Waals surface area contributed by atoms with Crippen LogP contribution in [0.3, 0.4) is 0 Å². The quantitative estimate of drug-likeness (QED) is 0.845. The topological polar surface area (TPSA) is 92.3 Å². The monoisotopic (exact) mass is 300 g/mol. The Morgan fingerprint density at radius 3 is 2.55 bits per heavy atom. The number of hydrogen-bond donors (Lipinski definition) is 2. The van der Waals surface area contributed by atoms with Crippen molar-refractivity contribution in [1.29, 1.82) is 0 Å². The zero-order valence-electron chi connectivity index (χ0n) is 12.8. The second kappa shape index (κ2) is 7.00. The average molecular weight is 300 g/mol. The molecule has 0 bridgehead atoms. The number of anilines is 1. The summed E-state index contributed by atoms with van der Waals surface area (Å²) in [6.07, 6.45) is 0. The lowest BCUT2D eigenvalue weighted by Gasteiger charge is -2.19. The first-order valence-electron chi connectivity index (χ1n) is 7.23. The van der Waals surface area contributed by atoms with E-state index in [1.165, 1.54) is 0 Å². The van der Waals surface area contributed by atoms with Gasteiger partial charge in [-0.2, -0.15) is 0 Å². The number of amides is 1. The van der Waals surface area contributed by atoms with Crippen molar-refractivity contribution in [1.82, 2.24) is 9.97 Å². The molecule has 0 fully saturated rings. The normalized spacial score (nSPS) is 10.5. The Labute approximate surface area is 129 Å². The number of aliphatic hydroxyl groups excluding tert-OH is 1. The van der Waals surface area contributed by atoms with Gasteiger partial charge in [-0.05, 0) is 31.5 Å². The summed E-state index contributed by atoms with van der Waals surface area (Å²) in [5, 5.41) is 9.26. The predicted octanol–water partition coefficient (Wildman–Crippen LogP) is 1.58. The molecule has 0 spiro atoms. The number of nitrogens with zero attached hydrogens (tertiary/aromatic N) is 3. The molecule has 116 valence electrons. The minimum Gasteiger partial charge on any atom is -0.392 e. The predicted molar refractivity (Wildman–Crippen MR) is 85.5 cm³/mol. The molecule has 22 heavy (non-hydrogen) atoms. The molecule has 0 aliphatic rings. The van der Waals surface area contributed by atoms with Gasteiger partial charge in [-0.1, -0.05) is 18.2 Å². The van der Waals surface area contributed by atoms with Crippen LogP contribution in [-0.4, -0.2) is 34.1 Å². The van der Waals surface area contributed by atoms with Crippen LogP contribution in [0.25, 0.3) is 11.3 Å². The van der Waals surface area contributed by atoms with E-state index in [0.29, 0.717) is 11.6 Å². The largest absolute Gasteiger partial charge is 0.392 e. The molecule has 1 aromatic carbocycles. The van der Waals surface area contributed by atoms with E-state index in [-0.39, 0.29) is 12.3 Å². The zero-order chi connectivity index (χ0) is 16.1. The molecule has 6 nitrogen and oxygen atoms in total. The van der Waals surface area contributed by atoms with Crippen molar-refractivity contribution in [3.8, 4) is 11.3 Å². The number of carbonyl (C=O) groups excluding carboxylic acids is 1. The van der Waals surface area contributed by atoms with E-state index in [0.717, 1.165) is 24.2 Å². The van der Waals surface area contributed by atoms with Gasteiger partial charge >= 0.3 is 0 Å². The number of nitrogens with two attached hydrogens (primary N) is 1. The summed E-state index contributed by atoms with van der Waals surface area (Å²) in [6, 6.07) is 8.94. The highest BCUT2D eigenvalue weighted by Crippen LogP contribution is 2.22. The van der Waals surface area contributed by atoms with Crippen molar-refractivity contribution >= 4 is 11.9 Å². The summed E-state index contributed by atoms with van der Waals surface area (Å²) >= 11 is 0. The molecular weight excluding hydrogens is 280 g/mol. The van der Waals surface area contributed by atoms with Crippen molar-refractivity contribution in [3.63, 3.8) is 0 Å². The molecule has 2 aromatic rings. The molecular formula is C16H20N4O2. The van der Waals surface area contributed by atoms with Crippen LogP contribution in [0.15, 0.2) is 30.3 Å². The van der Waals surface area contributed by atoms with Crippen LogP contribution in [0.4, 0.5) is 5.95 Å². The molecule has 1 amide bonds. The number of aliphatic hydroxyl groups is 1. The lowest BCUT2D eigenvalue weighted by atomic mass is 10.1. The van der Waals surface area contributed by atoms with Crippen LogP contribution in [-0.2, 0) is 6.61 Å². The van der Waals surface area contributed by atoms with Gasteiger partial charge in [0.15, 0.2) is 0 Å². The zero-order valence-corrected chi connectivity index (χ0v) is 12.8. The van der Waals surface area contributed by atoms with E-state index >= 15 is 0 Å². The highest BCUT2D eigenvalue weighted by molar-refractivity contribution is 5.92. The van der Waals surface area contributed by atoms with Gasteiger partial charge in [0.1, 0.15) is 5.69 Å². The Kier molecular flexibility index (Phi) is 5.06. The first kappa shape index (κ1) is 15.9. The third-order valence-electron chi connectivity index (χ3n) is 3.42. The fraction of sp³-hybridized carbons (Fsp3) is 0.312. The minimum absolute atomic E-state index is 0.0511. The molecule has 0 aliphatic carbocycles. The molecule has 0 aliphatic heterocycles. The lowest BCUT2D eigenvalue weighted by molar-refractivity contribution is 0.0995. The number of primary amides is 1. The Morgan fingerprint density at radius 2 is 1.95 bits per heavy atom. The number of aromatic nitrogens is 2. The van der Waals surface area contributed by atoms with Crippen molar-refractivity contribution in [3.05, 3.63) is 41.6 Å². The Bertz CT molecular complexity index is 669. The molecule has 3 N–H and O–H groups in total. The van der Waals surface area contributed by atoms with Crippen LogP contribution in [0.5, 0.6) is 0 Å². The van der Waals surface area contributed by atoms with Crippen molar-refractivity contribution in [2.45, 2.75) is 20.5 Å². The van der Waals surface area contributed by atoms with Crippen LogP contribution >= 0.6 is 0 Å². The maximum Gasteiger partial charge on any atom is 0.267 e. The summed E-state index contributed by atoms with van der Waals surface area (Å²) in [6.45, 7) is 5.40. The maximum absolute atomic E-state index is 11.5. The maximum atomic E-state index is 11.5. The van der Waals surface area contributed by atoms with E-state index in [1.807, 2.05) is 43.0 Å². The highest BCUT2D eigenvalue weighted by Gasteiger charge is 2.14. The van der Waals surface area contributed by atoms with Crippen LogP contribution < -0.4 is 10.6 Å². The van der Waals surface area contributed by atoms with E-state index in [2.05, 4.69) is 9.97 Å². The molecule has 6 heteroatoms. The molecule has 0 radical (unpaired) electrons. The highest BCUT2D eigenvalue weighted by atomic mass is 16.3. The van der Waals surface area contributed by atoms with E-state index < -0.39 is 5.91 Å². The Hall–Kier alpha value is -2.47. The fourth-order valence-electron chi connectivity index (χ4n) is 2.19. The molecule has 0 saturated heterocycles. The lowest BCUT2D eigenvalue weighted by Crippen LogP contribution is -2.26. The standard InChI is InChI=1S/C16H20N4O2/c1-3-20(4-2)16-18-13(9-14(19-16)15(17)22)12-7-5-6-11(8-12)10-21/h5-9,21H,3-4,10H2,1-2H3,(H2,17,22). The Morgan fingerprint density at radius 1 is 1.23 bits per heavy atom. The van der Waals surface area contributed by atoms with Crippen LogP contribution in [0, 0.1) is 0 Å². The van der Waals surface area contributed by atoms with E-state index in [1.54, 1.807) is 6.07 Å². The van der Waals surface area contributed by atoms with Gasteiger partial charge in [0.25, 0.3) is 5.91 Å². The number of benzene rings is 1. The first-order chi connectivity index (χ1) is 10.6. The van der Waals surface area contributed by atoms with Crippen molar-refractivity contribution in [2.24, 2.45) is 5.73 Å². The van der Waals surface area contributed by atoms with Crippen molar-refractivity contribution < 1.29 is 9.90 Å². The SMILES string of the molecule is CCN(CC)c1nc(C(N)=O)cc(-c2cccc(CO)c2)n1. The van der Waals surface area contributed by atoms with Gasteiger partial charge < -0.3 is 15.7 Å². The van der Waals surface area contributed by atoms with E-state index in [4.69, 9.17) is 5.73 Å². The third-order valence-corrected chi connectivity index (χ3v) is 3.42. The van der Waals surface area contributed by atoms with Crippen LogP contribution in [0.2, 0.25) is 0 Å². The van der Waals surface area contributed by atoms with Crippen molar-refractivity contribution in [2.75, 3.05) is 18.0 Å². The second-order valence-electron chi connectivity index (χ2n) is 4.83.